The molecule has 0 bridgehead atoms. The lowest BCUT2D eigenvalue weighted by atomic mass is 10.0. The molecule has 0 radical (unpaired) electrons. The molecule has 0 rings (SSSR count). The minimum atomic E-state index is -1.43. The highest BCUT2D eigenvalue weighted by Gasteiger charge is 2.14. The van der Waals surface area contributed by atoms with Gasteiger partial charge in [-0.3, -0.25) is 0 Å². The van der Waals surface area contributed by atoms with Crippen LogP contribution in [-0.4, -0.2) is 11.8 Å². The maximum absolute atomic E-state index is 10.1. The van der Waals surface area contributed by atoms with Crippen LogP contribution in [0.25, 0.3) is 0 Å². The number of hydrogen-bond donors (Lipinski definition) is 1. The molecule has 0 aromatic heterocycles. The molecule has 0 amide bonds. The molecule has 0 aliphatic heterocycles. The van der Waals surface area contributed by atoms with Crippen molar-refractivity contribution in [2.75, 3.05) is 0 Å². The van der Waals surface area contributed by atoms with Crippen molar-refractivity contribution < 1.29 is 14.6 Å². The summed E-state index contributed by atoms with van der Waals surface area (Å²) in [6.45, 7) is 5.63. The average molecular weight is 191 g/mol. The summed E-state index contributed by atoms with van der Waals surface area (Å²) in [6, 6.07) is 0. The van der Waals surface area contributed by atoms with E-state index in [2.05, 4.69) is 11.7 Å². The van der Waals surface area contributed by atoms with Gasteiger partial charge in [-0.1, -0.05) is 26.2 Å². The molecule has 4 nitrogen and oxygen atoms in total. The van der Waals surface area contributed by atoms with Crippen LogP contribution in [0.3, 0.4) is 0 Å². The smallest absolute Gasteiger partial charge is 0.252 e. The predicted octanol–water partition coefficient (Wildman–Crippen LogP) is 2.08. The van der Waals surface area contributed by atoms with Crippen molar-refractivity contribution in [1.29, 1.82) is 0 Å². The number of carbonyl (C=O) groups excluding carboxylic acids is 1. The first-order valence-electron chi connectivity index (χ1n) is 4.38. The third kappa shape index (κ3) is 9.14. The maximum Gasteiger partial charge on any atom is 0.252 e. The molecule has 0 aromatic rings. The summed E-state index contributed by atoms with van der Waals surface area (Å²) in [7, 11) is 0. The lowest BCUT2D eigenvalue weighted by Gasteiger charge is -2.29. The highest BCUT2D eigenvalue weighted by Crippen LogP contribution is 2.17. The Hall–Kier alpha value is -0.770. The number of quaternary nitrogens is 1. The van der Waals surface area contributed by atoms with Crippen molar-refractivity contribution in [3.8, 4) is 0 Å². The van der Waals surface area contributed by atoms with E-state index in [1.807, 2.05) is 0 Å². The van der Waals surface area contributed by atoms with Crippen LogP contribution in [-0.2, 0) is 4.74 Å². The van der Waals surface area contributed by atoms with Crippen LogP contribution >= 0.6 is 0 Å². The fraction of sp³-hybridized carbons (Fsp3) is 0.889. The second-order valence-corrected chi connectivity index (χ2v) is 3.57. The van der Waals surface area contributed by atoms with Crippen molar-refractivity contribution in [2.24, 2.45) is 0 Å². The van der Waals surface area contributed by atoms with E-state index in [4.69, 9.17) is 0 Å². The van der Waals surface area contributed by atoms with Gasteiger partial charge in [0, 0.05) is 5.60 Å². The molecule has 80 valence electrons. The van der Waals surface area contributed by atoms with Gasteiger partial charge in [0.05, 0.1) is 0 Å². The first kappa shape index (κ1) is 14.7. The minimum absolute atomic E-state index is 0. The summed E-state index contributed by atoms with van der Waals surface area (Å²) >= 11 is 0. The lowest BCUT2D eigenvalue weighted by Crippen LogP contribution is -2.35. The highest BCUT2D eigenvalue weighted by atomic mass is 16.7. The van der Waals surface area contributed by atoms with Crippen LogP contribution < -0.4 is 11.3 Å². The van der Waals surface area contributed by atoms with Gasteiger partial charge in [0.1, 0.15) is 0 Å². The van der Waals surface area contributed by atoms with E-state index in [9.17, 15) is 9.90 Å². The van der Waals surface area contributed by atoms with Crippen LogP contribution in [0.5, 0.6) is 0 Å². The molecule has 0 aliphatic rings. The molecule has 0 spiro atoms. The SMILES string of the molecule is CCCCCC(C)(C)OC(=O)[O-].[NH4+]. The van der Waals surface area contributed by atoms with Crippen molar-refractivity contribution in [3.05, 3.63) is 0 Å². The van der Waals surface area contributed by atoms with Crippen molar-refractivity contribution in [3.63, 3.8) is 0 Å². The zero-order valence-corrected chi connectivity index (χ0v) is 9.05. The van der Waals surface area contributed by atoms with Gasteiger partial charge in [-0.25, -0.2) is 0 Å². The fourth-order valence-electron chi connectivity index (χ4n) is 1.08. The van der Waals surface area contributed by atoms with Crippen LogP contribution in [0, 0.1) is 0 Å². The van der Waals surface area contributed by atoms with E-state index in [-0.39, 0.29) is 6.15 Å². The van der Waals surface area contributed by atoms with E-state index in [0.29, 0.717) is 0 Å². The van der Waals surface area contributed by atoms with E-state index < -0.39 is 11.8 Å². The number of rotatable bonds is 5. The summed E-state index contributed by atoms with van der Waals surface area (Å²) < 4.78 is 4.59. The molecule has 13 heavy (non-hydrogen) atoms. The molecule has 0 saturated carbocycles. The molecule has 0 saturated heterocycles. The Bertz CT molecular complexity index is 146. The first-order chi connectivity index (χ1) is 5.48. The molecule has 0 fully saturated rings. The molecule has 0 aromatic carbocycles. The van der Waals surface area contributed by atoms with Crippen LogP contribution in [0.4, 0.5) is 4.79 Å². The number of ether oxygens (including phenoxy) is 1. The molecule has 0 aliphatic carbocycles. The van der Waals surface area contributed by atoms with E-state index in [0.717, 1.165) is 25.7 Å². The first-order valence-corrected chi connectivity index (χ1v) is 4.38. The van der Waals surface area contributed by atoms with E-state index in [1.54, 1.807) is 13.8 Å². The quantitative estimate of drug-likeness (QED) is 0.533. The molecule has 0 atom stereocenters. The van der Waals surface area contributed by atoms with Gasteiger partial charge >= 0.3 is 0 Å². The molecule has 0 heterocycles. The Morgan fingerprint density at radius 1 is 1.38 bits per heavy atom. The normalized spacial score (nSPS) is 10.4. The number of hydrogen-bond acceptors (Lipinski definition) is 3. The van der Waals surface area contributed by atoms with Crippen molar-refractivity contribution in [2.45, 2.75) is 52.1 Å². The summed E-state index contributed by atoms with van der Waals surface area (Å²) in [5, 5.41) is 10.1. The topological polar surface area (TPSA) is 85.9 Å². The maximum atomic E-state index is 10.1. The summed E-state index contributed by atoms with van der Waals surface area (Å²) in [5.41, 5.74) is -0.589. The predicted molar refractivity (Wildman–Crippen MR) is 50.7 cm³/mol. The van der Waals surface area contributed by atoms with Gasteiger partial charge in [-0.2, -0.15) is 0 Å². The highest BCUT2D eigenvalue weighted by molar-refractivity contribution is 5.54. The second-order valence-electron chi connectivity index (χ2n) is 3.57. The zero-order valence-electron chi connectivity index (χ0n) is 9.05. The van der Waals surface area contributed by atoms with E-state index in [1.165, 1.54) is 0 Å². The minimum Gasteiger partial charge on any atom is -0.544 e. The summed E-state index contributed by atoms with van der Waals surface area (Å²) in [6.07, 6.45) is 2.56. The summed E-state index contributed by atoms with van der Waals surface area (Å²) in [4.78, 5) is 10.1. The zero-order chi connectivity index (χ0) is 9.61. The van der Waals surface area contributed by atoms with Crippen LogP contribution in [0.15, 0.2) is 0 Å². The number of carboxylic acid groups (broad SMARTS) is 1. The van der Waals surface area contributed by atoms with Crippen molar-refractivity contribution >= 4 is 6.16 Å². The fourth-order valence-corrected chi connectivity index (χ4v) is 1.08. The molecular weight excluding hydrogens is 170 g/mol. The van der Waals surface area contributed by atoms with Gasteiger partial charge in [-0.15, -0.1) is 0 Å². The Morgan fingerprint density at radius 2 is 1.92 bits per heavy atom. The molecular formula is C9H21NO3. The Kier molecular flexibility index (Phi) is 7.61. The van der Waals surface area contributed by atoms with Gasteiger partial charge in [0.15, 0.2) is 0 Å². The standard InChI is InChI=1S/C9H18O3.H3N/c1-4-5-6-7-9(2,3)12-8(10)11;/h4-7H2,1-3H3,(H,10,11);1H3. The third-order valence-corrected chi connectivity index (χ3v) is 1.74. The van der Waals surface area contributed by atoms with Crippen molar-refractivity contribution in [1.82, 2.24) is 6.15 Å². The third-order valence-electron chi connectivity index (χ3n) is 1.74. The number of carbonyl (C=O) groups is 1. The van der Waals surface area contributed by atoms with E-state index >= 15 is 0 Å². The van der Waals surface area contributed by atoms with Gasteiger partial charge in [0.25, 0.3) is 6.16 Å². The van der Waals surface area contributed by atoms with Crippen LogP contribution in [0.2, 0.25) is 0 Å². The lowest BCUT2D eigenvalue weighted by molar-refractivity contribution is -0.293. The molecule has 0 unspecified atom stereocenters. The van der Waals surface area contributed by atoms with Gasteiger partial charge in [-0.05, 0) is 20.3 Å². The Labute approximate surface area is 79.9 Å². The van der Waals surface area contributed by atoms with Gasteiger partial charge < -0.3 is 20.8 Å². The summed E-state index contributed by atoms with van der Waals surface area (Å²) in [5.74, 6) is 0. The number of unbranched alkanes of at least 4 members (excludes halogenated alkanes) is 2. The average Bonchev–Trinajstić information content (AvgIpc) is 1.84. The van der Waals surface area contributed by atoms with Crippen LogP contribution in [0.1, 0.15) is 46.5 Å². The monoisotopic (exact) mass is 191 g/mol. The largest absolute Gasteiger partial charge is 0.544 e. The second kappa shape index (κ2) is 6.71. The Balaban J connectivity index is 0. The molecule has 4 heteroatoms. The molecule has 4 N–H and O–H groups in total. The Morgan fingerprint density at radius 3 is 2.31 bits per heavy atom. The van der Waals surface area contributed by atoms with Gasteiger partial charge in [0.2, 0.25) is 0 Å².